The molecule has 1 aliphatic carbocycles. The molecule has 3 nitrogen and oxygen atoms in total. The monoisotopic (exact) mass is 405 g/mol. The summed E-state index contributed by atoms with van der Waals surface area (Å²) in [5, 5.41) is 0. The Bertz CT molecular complexity index is 910. The van der Waals surface area contributed by atoms with E-state index in [1.54, 1.807) is 4.90 Å². The Balaban J connectivity index is 1.71. The molecule has 2 aromatic carbocycles. The number of carbonyl (C=O) groups is 2. The van der Waals surface area contributed by atoms with E-state index in [1.165, 1.54) is 31.0 Å². The summed E-state index contributed by atoms with van der Waals surface area (Å²) in [4.78, 5) is 30.1. The normalized spacial score (nSPS) is 18.9. The predicted molar refractivity (Wildman–Crippen MR) is 118 cm³/mol. The second-order valence-corrected chi connectivity index (χ2v) is 9.05. The van der Waals surface area contributed by atoms with Crippen LogP contribution in [0.5, 0.6) is 0 Å². The van der Waals surface area contributed by atoms with E-state index in [0.29, 0.717) is 10.5 Å². The van der Waals surface area contributed by atoms with E-state index in [4.69, 9.17) is 0 Å². The third-order valence-corrected chi connectivity index (χ3v) is 6.91. The van der Waals surface area contributed by atoms with Crippen LogP contribution in [0.3, 0.4) is 0 Å². The summed E-state index contributed by atoms with van der Waals surface area (Å²) in [6, 6.07) is 17.8. The second kappa shape index (κ2) is 9.00. The second-order valence-electron chi connectivity index (χ2n) is 7.96. The molecule has 0 bridgehead atoms. The van der Waals surface area contributed by atoms with Crippen molar-refractivity contribution in [1.29, 1.82) is 0 Å². The molecule has 150 valence electrons. The molecule has 0 aromatic heterocycles. The van der Waals surface area contributed by atoms with Gasteiger partial charge in [-0.15, -0.1) is 0 Å². The van der Waals surface area contributed by atoms with Crippen molar-refractivity contribution in [3.05, 3.63) is 70.6 Å². The van der Waals surface area contributed by atoms with E-state index in [1.807, 2.05) is 61.5 Å². The highest BCUT2D eigenvalue weighted by Gasteiger charge is 2.42. The topological polar surface area (TPSA) is 37.4 Å². The van der Waals surface area contributed by atoms with Gasteiger partial charge in [0.05, 0.1) is 10.5 Å². The van der Waals surface area contributed by atoms with Crippen molar-refractivity contribution >= 4 is 29.1 Å². The predicted octanol–water partition coefficient (Wildman–Crippen LogP) is 5.98. The third kappa shape index (κ3) is 4.32. The van der Waals surface area contributed by atoms with Gasteiger partial charge in [-0.1, -0.05) is 91.9 Å². The van der Waals surface area contributed by atoms with Crippen LogP contribution in [0, 0.1) is 6.92 Å². The minimum absolute atomic E-state index is 0.0182. The van der Waals surface area contributed by atoms with Crippen LogP contribution in [0.4, 0.5) is 0 Å². The summed E-state index contributed by atoms with van der Waals surface area (Å²) < 4.78 is 0. The molecule has 0 N–H and O–H groups in total. The van der Waals surface area contributed by atoms with Gasteiger partial charge in [-0.3, -0.25) is 14.5 Å². The van der Waals surface area contributed by atoms with Gasteiger partial charge in [-0.2, -0.15) is 0 Å². The molecule has 1 fully saturated rings. The van der Waals surface area contributed by atoms with Gasteiger partial charge in [-0.25, -0.2) is 0 Å². The lowest BCUT2D eigenvalue weighted by atomic mass is 9.95. The zero-order valence-electron chi connectivity index (χ0n) is 16.9. The summed E-state index contributed by atoms with van der Waals surface area (Å²) in [5.41, 5.74) is 2.53. The van der Waals surface area contributed by atoms with Crippen molar-refractivity contribution in [2.75, 3.05) is 0 Å². The van der Waals surface area contributed by atoms with Crippen LogP contribution in [-0.4, -0.2) is 22.8 Å². The number of nitrogens with zero attached hydrogens (tertiary/aromatic N) is 1. The number of imide groups is 1. The van der Waals surface area contributed by atoms with Crippen LogP contribution in [0.15, 0.2) is 64.4 Å². The van der Waals surface area contributed by atoms with Crippen LogP contribution in [-0.2, 0) is 9.59 Å². The molecule has 4 rings (SSSR count). The summed E-state index contributed by atoms with van der Waals surface area (Å²) in [7, 11) is 0. The van der Waals surface area contributed by atoms with Crippen LogP contribution in [0.25, 0.3) is 5.57 Å². The first-order chi connectivity index (χ1) is 14.1. The van der Waals surface area contributed by atoms with Gasteiger partial charge >= 0.3 is 0 Å². The van der Waals surface area contributed by atoms with Gasteiger partial charge in [0.25, 0.3) is 11.8 Å². The van der Waals surface area contributed by atoms with Gasteiger partial charge in [0.15, 0.2) is 0 Å². The Morgan fingerprint density at radius 1 is 0.793 bits per heavy atom. The third-order valence-electron chi connectivity index (χ3n) is 5.82. The number of hydrogen-bond acceptors (Lipinski definition) is 3. The lowest BCUT2D eigenvalue weighted by molar-refractivity contribution is -0.139. The van der Waals surface area contributed by atoms with Crippen LogP contribution in [0.2, 0.25) is 0 Å². The molecule has 1 saturated carbocycles. The highest BCUT2D eigenvalue weighted by Crippen LogP contribution is 2.41. The maximum Gasteiger partial charge on any atom is 0.268 e. The Kier molecular flexibility index (Phi) is 6.19. The molecule has 4 heteroatoms. The average molecular weight is 406 g/mol. The van der Waals surface area contributed by atoms with Gasteiger partial charge in [-0.05, 0) is 37.5 Å². The summed E-state index contributed by atoms with van der Waals surface area (Å²) in [6.45, 7) is 2.03. The zero-order valence-corrected chi connectivity index (χ0v) is 17.7. The SMILES string of the molecule is Cc1ccc(C2=C(Sc3ccccc3)C(=O)N(C3CCCCCCC3)C2=O)cc1. The molecule has 0 atom stereocenters. The van der Waals surface area contributed by atoms with E-state index in [0.717, 1.165) is 41.7 Å². The van der Waals surface area contributed by atoms with Gasteiger partial charge < -0.3 is 0 Å². The molecule has 29 heavy (non-hydrogen) atoms. The number of rotatable bonds is 4. The van der Waals surface area contributed by atoms with E-state index < -0.39 is 0 Å². The molecule has 1 heterocycles. The van der Waals surface area contributed by atoms with Crippen molar-refractivity contribution in [1.82, 2.24) is 4.90 Å². The summed E-state index contributed by atoms with van der Waals surface area (Å²) >= 11 is 1.41. The molecule has 2 amide bonds. The first kappa shape index (κ1) is 20.0. The Morgan fingerprint density at radius 2 is 1.41 bits per heavy atom. The van der Waals surface area contributed by atoms with Gasteiger partial charge in [0, 0.05) is 10.9 Å². The summed E-state index contributed by atoms with van der Waals surface area (Å²) in [6.07, 6.45) is 7.65. The number of aryl methyl sites for hydroxylation is 1. The molecule has 1 aliphatic heterocycles. The van der Waals surface area contributed by atoms with E-state index in [2.05, 4.69) is 0 Å². The fourth-order valence-corrected chi connectivity index (χ4v) is 5.25. The van der Waals surface area contributed by atoms with Crippen LogP contribution in [0.1, 0.15) is 56.1 Å². The largest absolute Gasteiger partial charge is 0.271 e. The smallest absolute Gasteiger partial charge is 0.268 e. The molecule has 2 aliphatic rings. The van der Waals surface area contributed by atoms with Crippen molar-refractivity contribution in [3.63, 3.8) is 0 Å². The lowest BCUT2D eigenvalue weighted by Crippen LogP contribution is -2.41. The van der Waals surface area contributed by atoms with E-state index in [-0.39, 0.29) is 17.9 Å². The zero-order chi connectivity index (χ0) is 20.2. The molecule has 0 spiro atoms. The molecule has 0 radical (unpaired) electrons. The number of benzene rings is 2. The minimum atomic E-state index is -0.122. The van der Waals surface area contributed by atoms with Crippen molar-refractivity contribution < 1.29 is 9.59 Å². The van der Waals surface area contributed by atoms with Crippen molar-refractivity contribution in [2.45, 2.75) is 62.8 Å². The molecule has 0 saturated heterocycles. The maximum atomic E-state index is 13.5. The van der Waals surface area contributed by atoms with Crippen molar-refractivity contribution in [2.24, 2.45) is 0 Å². The number of hydrogen-bond donors (Lipinski definition) is 0. The van der Waals surface area contributed by atoms with Crippen LogP contribution < -0.4 is 0 Å². The van der Waals surface area contributed by atoms with E-state index >= 15 is 0 Å². The highest BCUT2D eigenvalue weighted by molar-refractivity contribution is 8.04. The molecular weight excluding hydrogens is 378 g/mol. The molecular formula is C25H27NO2S. The van der Waals surface area contributed by atoms with Crippen molar-refractivity contribution in [3.8, 4) is 0 Å². The van der Waals surface area contributed by atoms with Gasteiger partial charge in [0.2, 0.25) is 0 Å². The Hall–Kier alpha value is -2.33. The Morgan fingerprint density at radius 3 is 2.07 bits per heavy atom. The molecule has 2 aromatic rings. The lowest BCUT2D eigenvalue weighted by Gasteiger charge is -2.28. The quantitative estimate of drug-likeness (QED) is 0.587. The highest BCUT2D eigenvalue weighted by atomic mass is 32.2. The van der Waals surface area contributed by atoms with Gasteiger partial charge in [0.1, 0.15) is 0 Å². The fourth-order valence-electron chi connectivity index (χ4n) is 4.23. The maximum absolute atomic E-state index is 13.5. The molecule has 0 unspecified atom stereocenters. The minimum Gasteiger partial charge on any atom is -0.271 e. The number of amides is 2. The summed E-state index contributed by atoms with van der Waals surface area (Å²) in [5.74, 6) is -0.243. The average Bonchev–Trinajstić information content (AvgIpc) is 2.94. The Labute approximate surface area is 177 Å². The first-order valence-corrected chi connectivity index (χ1v) is 11.4. The number of carbonyl (C=O) groups excluding carboxylic acids is 2. The first-order valence-electron chi connectivity index (χ1n) is 10.6. The standard InChI is InChI=1S/C25H27NO2S/c1-18-14-16-19(17-15-18)22-23(29-21-12-8-5-9-13-21)25(28)26(24(22)27)20-10-6-3-2-4-7-11-20/h5,8-9,12-17,20H,2-4,6-7,10-11H2,1H3. The van der Waals surface area contributed by atoms with Crippen LogP contribution >= 0.6 is 11.8 Å². The fraction of sp³-hybridized carbons (Fsp3) is 0.360. The van der Waals surface area contributed by atoms with E-state index in [9.17, 15) is 9.59 Å². The number of thioether (sulfide) groups is 1.